The molecule has 0 heterocycles. The Kier molecular flexibility index (Phi) is 6.03. The summed E-state index contributed by atoms with van der Waals surface area (Å²) in [6, 6.07) is 5.66. The molecule has 0 aliphatic carbocycles. The zero-order chi connectivity index (χ0) is 15.1. The van der Waals surface area contributed by atoms with Crippen molar-refractivity contribution >= 4 is 11.9 Å². The average Bonchev–Trinajstić information content (AvgIpc) is 2.42. The maximum atomic E-state index is 12.0. The van der Waals surface area contributed by atoms with Crippen LogP contribution in [0.4, 0.5) is 0 Å². The van der Waals surface area contributed by atoms with Crippen LogP contribution in [0.15, 0.2) is 24.3 Å². The van der Waals surface area contributed by atoms with Crippen molar-refractivity contribution in [2.24, 2.45) is 5.92 Å². The fraction of sp³-hybridized carbons (Fsp3) is 0.467. The molecule has 110 valence electrons. The van der Waals surface area contributed by atoms with Crippen molar-refractivity contribution in [2.75, 3.05) is 0 Å². The van der Waals surface area contributed by atoms with E-state index in [1.54, 1.807) is 6.92 Å². The molecule has 0 saturated carbocycles. The average molecular weight is 280 g/mol. The van der Waals surface area contributed by atoms with Crippen molar-refractivity contribution in [1.29, 1.82) is 0 Å². The van der Waals surface area contributed by atoms with Gasteiger partial charge in [-0.15, -0.1) is 0 Å². The number of rotatable bonds is 7. The molecular formula is C15H20O5. The van der Waals surface area contributed by atoms with E-state index in [4.69, 9.17) is 9.84 Å². The van der Waals surface area contributed by atoms with Gasteiger partial charge < -0.3 is 14.9 Å². The van der Waals surface area contributed by atoms with Gasteiger partial charge in [-0.2, -0.15) is 0 Å². The molecule has 0 fully saturated rings. The predicted octanol–water partition coefficient (Wildman–Crippen LogP) is 2.83. The zero-order valence-electron chi connectivity index (χ0n) is 11.7. The zero-order valence-corrected chi connectivity index (χ0v) is 11.7. The minimum absolute atomic E-state index is 0.0583. The largest absolute Gasteiger partial charge is 0.508 e. The van der Waals surface area contributed by atoms with Crippen LogP contribution in [0.3, 0.4) is 0 Å². The van der Waals surface area contributed by atoms with Gasteiger partial charge in [0.1, 0.15) is 11.9 Å². The lowest BCUT2D eigenvalue weighted by molar-refractivity contribution is -0.146. The van der Waals surface area contributed by atoms with Crippen LogP contribution in [0, 0.1) is 5.92 Å². The monoisotopic (exact) mass is 280 g/mol. The van der Waals surface area contributed by atoms with Crippen molar-refractivity contribution in [3.8, 4) is 5.75 Å². The summed E-state index contributed by atoms with van der Waals surface area (Å²) < 4.78 is 5.30. The molecule has 0 bridgehead atoms. The first kappa shape index (κ1) is 16.0. The molecule has 2 N–H and O–H groups in total. The van der Waals surface area contributed by atoms with E-state index in [2.05, 4.69) is 0 Å². The second-order valence-electron chi connectivity index (χ2n) is 4.63. The molecule has 1 rings (SSSR count). The Morgan fingerprint density at radius 2 is 1.80 bits per heavy atom. The predicted molar refractivity (Wildman–Crippen MR) is 73.6 cm³/mol. The number of hydrogen-bond acceptors (Lipinski definition) is 4. The number of phenols is 1. The van der Waals surface area contributed by atoms with E-state index < -0.39 is 24.0 Å². The van der Waals surface area contributed by atoms with Crippen LogP contribution in [-0.4, -0.2) is 28.3 Å². The Hall–Kier alpha value is -2.04. The van der Waals surface area contributed by atoms with Crippen LogP contribution in [0.2, 0.25) is 0 Å². The normalized spacial score (nSPS) is 13.5. The van der Waals surface area contributed by atoms with Crippen molar-refractivity contribution < 1.29 is 24.5 Å². The molecule has 0 spiro atoms. The molecule has 1 aromatic carbocycles. The van der Waals surface area contributed by atoms with Gasteiger partial charge >= 0.3 is 11.9 Å². The summed E-state index contributed by atoms with van der Waals surface area (Å²) >= 11 is 0. The lowest BCUT2D eigenvalue weighted by Gasteiger charge is -2.22. The summed E-state index contributed by atoms with van der Waals surface area (Å²) in [5.74, 6) is -2.15. The SMILES string of the molecule is CCCC(C(=O)O)[C@H](CC)OC(=O)c1ccc(O)cc1. The fourth-order valence-corrected chi connectivity index (χ4v) is 2.03. The van der Waals surface area contributed by atoms with Gasteiger partial charge in [0.05, 0.1) is 11.5 Å². The topological polar surface area (TPSA) is 83.8 Å². The van der Waals surface area contributed by atoms with Crippen LogP contribution in [0.25, 0.3) is 0 Å². The second kappa shape index (κ2) is 7.53. The maximum absolute atomic E-state index is 12.0. The molecule has 0 aliphatic rings. The number of hydrogen-bond donors (Lipinski definition) is 2. The van der Waals surface area contributed by atoms with Crippen molar-refractivity contribution in [3.05, 3.63) is 29.8 Å². The van der Waals surface area contributed by atoms with E-state index in [1.807, 2.05) is 6.92 Å². The Morgan fingerprint density at radius 3 is 2.25 bits per heavy atom. The number of ether oxygens (including phenoxy) is 1. The highest BCUT2D eigenvalue weighted by molar-refractivity contribution is 5.89. The number of carbonyl (C=O) groups is 2. The van der Waals surface area contributed by atoms with Crippen LogP contribution < -0.4 is 0 Å². The molecule has 0 aromatic heterocycles. The minimum atomic E-state index is -0.947. The first-order valence-electron chi connectivity index (χ1n) is 6.72. The van der Waals surface area contributed by atoms with E-state index in [0.717, 1.165) is 0 Å². The van der Waals surface area contributed by atoms with E-state index in [-0.39, 0.29) is 5.75 Å². The minimum Gasteiger partial charge on any atom is -0.508 e. The Labute approximate surface area is 118 Å². The van der Waals surface area contributed by atoms with E-state index in [1.165, 1.54) is 24.3 Å². The molecule has 0 amide bonds. The molecule has 1 aromatic rings. The Bertz CT molecular complexity index is 452. The summed E-state index contributed by atoms with van der Waals surface area (Å²) in [5, 5.41) is 18.4. The van der Waals surface area contributed by atoms with Gasteiger partial charge in [0.15, 0.2) is 0 Å². The van der Waals surface area contributed by atoms with Gasteiger partial charge in [-0.05, 0) is 37.1 Å². The molecule has 20 heavy (non-hydrogen) atoms. The maximum Gasteiger partial charge on any atom is 0.338 e. The highest BCUT2D eigenvalue weighted by atomic mass is 16.5. The second-order valence-corrected chi connectivity index (χ2v) is 4.63. The van der Waals surface area contributed by atoms with Gasteiger partial charge in [-0.3, -0.25) is 4.79 Å². The van der Waals surface area contributed by atoms with Crippen molar-refractivity contribution in [2.45, 2.75) is 39.2 Å². The van der Waals surface area contributed by atoms with E-state index in [0.29, 0.717) is 24.8 Å². The summed E-state index contributed by atoms with van der Waals surface area (Å²) in [7, 11) is 0. The summed E-state index contributed by atoms with van der Waals surface area (Å²) in [6.45, 7) is 3.69. The number of aliphatic carboxylic acids is 1. The number of esters is 1. The summed E-state index contributed by atoms with van der Waals surface area (Å²) in [5.41, 5.74) is 0.293. The molecule has 0 aliphatic heterocycles. The summed E-state index contributed by atoms with van der Waals surface area (Å²) in [4.78, 5) is 23.2. The molecule has 0 saturated heterocycles. The van der Waals surface area contributed by atoms with Gasteiger partial charge in [-0.1, -0.05) is 20.3 Å². The first-order valence-corrected chi connectivity index (χ1v) is 6.72. The van der Waals surface area contributed by atoms with Gasteiger partial charge in [0, 0.05) is 0 Å². The summed E-state index contributed by atoms with van der Waals surface area (Å²) in [6.07, 6.45) is 0.982. The standard InChI is InChI=1S/C15H20O5/c1-3-5-12(14(17)18)13(4-2)20-15(19)10-6-8-11(16)9-7-10/h6-9,12-13,16H,3-5H2,1-2H3,(H,17,18)/t12?,13-/m0/s1. The van der Waals surface area contributed by atoms with Crippen LogP contribution in [-0.2, 0) is 9.53 Å². The number of carboxylic acids is 1. The molecule has 0 radical (unpaired) electrons. The third-order valence-electron chi connectivity index (χ3n) is 3.13. The number of carboxylic acid groups (broad SMARTS) is 1. The molecular weight excluding hydrogens is 260 g/mol. The number of benzene rings is 1. The third kappa shape index (κ3) is 4.26. The Morgan fingerprint density at radius 1 is 1.20 bits per heavy atom. The smallest absolute Gasteiger partial charge is 0.338 e. The Balaban J connectivity index is 2.78. The van der Waals surface area contributed by atoms with Gasteiger partial charge in [0.25, 0.3) is 0 Å². The van der Waals surface area contributed by atoms with E-state index in [9.17, 15) is 14.7 Å². The van der Waals surface area contributed by atoms with Crippen LogP contribution in [0.1, 0.15) is 43.5 Å². The van der Waals surface area contributed by atoms with Crippen molar-refractivity contribution in [1.82, 2.24) is 0 Å². The van der Waals surface area contributed by atoms with Gasteiger partial charge in [0.2, 0.25) is 0 Å². The molecule has 5 nitrogen and oxygen atoms in total. The number of aromatic hydroxyl groups is 1. The lowest BCUT2D eigenvalue weighted by Crippen LogP contribution is -2.32. The van der Waals surface area contributed by atoms with Crippen LogP contribution in [0.5, 0.6) is 5.75 Å². The highest BCUT2D eigenvalue weighted by Gasteiger charge is 2.29. The van der Waals surface area contributed by atoms with Gasteiger partial charge in [-0.25, -0.2) is 4.79 Å². The van der Waals surface area contributed by atoms with Crippen molar-refractivity contribution in [3.63, 3.8) is 0 Å². The number of carbonyl (C=O) groups excluding carboxylic acids is 1. The highest BCUT2D eigenvalue weighted by Crippen LogP contribution is 2.20. The quantitative estimate of drug-likeness (QED) is 0.750. The lowest BCUT2D eigenvalue weighted by atomic mass is 9.95. The molecule has 1 unspecified atom stereocenters. The third-order valence-corrected chi connectivity index (χ3v) is 3.13. The first-order chi connectivity index (χ1) is 9.49. The van der Waals surface area contributed by atoms with E-state index >= 15 is 0 Å². The molecule has 2 atom stereocenters. The fourth-order valence-electron chi connectivity index (χ4n) is 2.03. The van der Waals surface area contributed by atoms with Crippen LogP contribution >= 0.6 is 0 Å². The number of phenolic OH excluding ortho intramolecular Hbond substituents is 1. The molecule has 5 heteroatoms.